The van der Waals surface area contributed by atoms with Crippen LogP contribution < -0.4 is 11.1 Å². The molecule has 5 heteroatoms. The minimum atomic E-state index is -0.527. The van der Waals surface area contributed by atoms with Gasteiger partial charge in [-0.05, 0) is 53.6 Å². The number of aryl methyl sites for hydroxylation is 1. The molecule has 1 unspecified atom stereocenters. The topological polar surface area (TPSA) is 71.2 Å². The Kier molecular flexibility index (Phi) is 3.77. The number of aliphatic hydroxyl groups excluding tert-OH is 1. The van der Waals surface area contributed by atoms with E-state index in [0.29, 0.717) is 12.2 Å². The number of rotatable bonds is 4. The molecule has 3 aromatic rings. The van der Waals surface area contributed by atoms with Gasteiger partial charge in [0.2, 0.25) is 0 Å². The fourth-order valence-electron chi connectivity index (χ4n) is 2.31. The van der Waals surface area contributed by atoms with Crippen molar-refractivity contribution in [3.05, 3.63) is 52.3 Å². The Labute approximate surface area is 127 Å². The summed E-state index contributed by atoms with van der Waals surface area (Å²) in [6.07, 6.45) is -0.527. The second-order valence-corrected chi connectivity index (χ2v) is 5.82. The van der Waals surface area contributed by atoms with Crippen LogP contribution in [0.5, 0.6) is 0 Å². The Balaban J connectivity index is 1.87. The predicted octanol–water partition coefficient (Wildman–Crippen LogP) is 3.33. The van der Waals surface area contributed by atoms with Gasteiger partial charge in [-0.2, -0.15) is 11.3 Å². The molecule has 0 spiro atoms. The normalized spacial score (nSPS) is 12.5. The Morgan fingerprint density at radius 2 is 2.19 bits per heavy atom. The number of hydrogen-bond acceptors (Lipinski definition) is 5. The van der Waals surface area contributed by atoms with Crippen LogP contribution in [0.4, 0.5) is 11.4 Å². The first-order chi connectivity index (χ1) is 10.1. The van der Waals surface area contributed by atoms with Gasteiger partial charge in [-0.3, -0.25) is 4.98 Å². The lowest BCUT2D eigenvalue weighted by Gasteiger charge is -2.14. The summed E-state index contributed by atoms with van der Waals surface area (Å²) in [4.78, 5) is 4.50. The number of aliphatic hydroxyl groups is 1. The van der Waals surface area contributed by atoms with Crippen molar-refractivity contribution in [3.8, 4) is 0 Å². The quantitative estimate of drug-likeness (QED) is 0.646. The highest BCUT2D eigenvalue weighted by Gasteiger charge is 2.10. The first-order valence-electron chi connectivity index (χ1n) is 6.74. The number of thiophene rings is 1. The summed E-state index contributed by atoms with van der Waals surface area (Å²) >= 11 is 1.58. The van der Waals surface area contributed by atoms with Crippen LogP contribution in [0, 0.1) is 6.92 Å². The number of aromatic nitrogens is 1. The van der Waals surface area contributed by atoms with Crippen LogP contribution in [0.3, 0.4) is 0 Å². The van der Waals surface area contributed by atoms with Crippen molar-refractivity contribution in [2.75, 3.05) is 17.6 Å². The third-order valence-electron chi connectivity index (χ3n) is 3.37. The van der Waals surface area contributed by atoms with Crippen LogP contribution in [-0.2, 0) is 0 Å². The van der Waals surface area contributed by atoms with Gasteiger partial charge in [-0.1, -0.05) is 0 Å². The highest BCUT2D eigenvalue weighted by Crippen LogP contribution is 2.26. The van der Waals surface area contributed by atoms with E-state index < -0.39 is 6.10 Å². The molecule has 0 aliphatic heterocycles. The van der Waals surface area contributed by atoms with Crippen molar-refractivity contribution < 1.29 is 5.11 Å². The van der Waals surface area contributed by atoms with Crippen molar-refractivity contribution in [3.63, 3.8) is 0 Å². The first kappa shape index (κ1) is 13.9. The number of hydrogen-bond donors (Lipinski definition) is 3. The highest BCUT2D eigenvalue weighted by molar-refractivity contribution is 7.07. The third-order valence-corrected chi connectivity index (χ3v) is 4.08. The summed E-state index contributed by atoms with van der Waals surface area (Å²) in [5, 5.41) is 18.4. The summed E-state index contributed by atoms with van der Waals surface area (Å²) < 4.78 is 0. The number of nitrogens with zero attached hydrogens (tertiary/aromatic N) is 1. The van der Waals surface area contributed by atoms with Crippen molar-refractivity contribution in [2.45, 2.75) is 13.0 Å². The zero-order valence-corrected chi connectivity index (χ0v) is 12.5. The average Bonchev–Trinajstić information content (AvgIpc) is 2.99. The number of nitrogen functional groups attached to an aromatic ring is 1. The lowest BCUT2D eigenvalue weighted by molar-refractivity contribution is 0.192. The molecule has 2 heterocycles. The van der Waals surface area contributed by atoms with Gasteiger partial charge in [0.1, 0.15) is 0 Å². The molecule has 0 amide bonds. The molecule has 1 aromatic carbocycles. The Morgan fingerprint density at radius 3 is 2.95 bits per heavy atom. The molecule has 1 atom stereocenters. The fraction of sp³-hybridized carbons (Fsp3) is 0.188. The maximum absolute atomic E-state index is 10.2. The van der Waals surface area contributed by atoms with Crippen molar-refractivity contribution in [1.82, 2.24) is 4.98 Å². The summed E-state index contributed by atoms with van der Waals surface area (Å²) in [5.41, 5.74) is 10.3. The van der Waals surface area contributed by atoms with E-state index in [-0.39, 0.29) is 0 Å². The van der Waals surface area contributed by atoms with E-state index in [1.807, 2.05) is 48.0 Å². The van der Waals surface area contributed by atoms with Gasteiger partial charge in [-0.25, -0.2) is 0 Å². The maximum Gasteiger partial charge on any atom is 0.0970 e. The zero-order valence-electron chi connectivity index (χ0n) is 11.7. The van der Waals surface area contributed by atoms with Crippen molar-refractivity contribution in [2.24, 2.45) is 0 Å². The van der Waals surface area contributed by atoms with Crippen LogP contribution in [0.2, 0.25) is 0 Å². The second kappa shape index (κ2) is 5.71. The summed E-state index contributed by atoms with van der Waals surface area (Å²) in [5.74, 6) is 0. The Bertz CT molecular complexity index is 756. The maximum atomic E-state index is 10.2. The minimum absolute atomic E-state index is 0.448. The van der Waals surface area contributed by atoms with Crippen LogP contribution in [0.15, 0.2) is 41.1 Å². The van der Waals surface area contributed by atoms with Gasteiger partial charge < -0.3 is 16.2 Å². The van der Waals surface area contributed by atoms with Crippen LogP contribution in [-0.4, -0.2) is 16.6 Å². The van der Waals surface area contributed by atoms with Gasteiger partial charge in [0.05, 0.1) is 11.6 Å². The van der Waals surface area contributed by atoms with Crippen LogP contribution >= 0.6 is 11.3 Å². The monoisotopic (exact) mass is 299 g/mol. The van der Waals surface area contributed by atoms with Crippen LogP contribution in [0.25, 0.3) is 10.9 Å². The molecule has 2 aromatic heterocycles. The fourth-order valence-corrected chi connectivity index (χ4v) is 3.02. The average molecular weight is 299 g/mol. The number of pyridine rings is 1. The number of fused-ring (bicyclic) bond motifs is 1. The van der Waals surface area contributed by atoms with Crippen molar-refractivity contribution >= 4 is 33.6 Å². The second-order valence-electron chi connectivity index (χ2n) is 5.04. The molecule has 0 fully saturated rings. The van der Waals surface area contributed by atoms with Gasteiger partial charge >= 0.3 is 0 Å². The van der Waals surface area contributed by atoms with Crippen LogP contribution in [0.1, 0.15) is 17.4 Å². The number of anilines is 2. The minimum Gasteiger partial charge on any atom is -0.399 e. The molecule has 0 radical (unpaired) electrons. The molecule has 0 bridgehead atoms. The van der Waals surface area contributed by atoms with Gasteiger partial charge in [-0.15, -0.1) is 0 Å². The lowest BCUT2D eigenvalue weighted by Crippen LogP contribution is -2.12. The largest absolute Gasteiger partial charge is 0.399 e. The molecule has 0 aliphatic carbocycles. The molecule has 108 valence electrons. The molecule has 0 saturated heterocycles. The summed E-state index contributed by atoms with van der Waals surface area (Å²) in [6, 6.07) is 9.57. The van der Waals surface area contributed by atoms with E-state index in [1.165, 1.54) is 0 Å². The van der Waals surface area contributed by atoms with E-state index >= 15 is 0 Å². The van der Waals surface area contributed by atoms with E-state index in [9.17, 15) is 5.11 Å². The zero-order chi connectivity index (χ0) is 14.8. The SMILES string of the molecule is Cc1cc(NCC(O)c2ccsc2)c2cc(N)ccc2n1. The summed E-state index contributed by atoms with van der Waals surface area (Å²) in [7, 11) is 0. The number of benzene rings is 1. The van der Waals surface area contributed by atoms with E-state index in [4.69, 9.17) is 5.73 Å². The summed E-state index contributed by atoms with van der Waals surface area (Å²) in [6.45, 7) is 2.40. The predicted molar refractivity (Wildman–Crippen MR) is 88.7 cm³/mol. The molecule has 21 heavy (non-hydrogen) atoms. The van der Waals surface area contributed by atoms with Gasteiger partial charge in [0.15, 0.2) is 0 Å². The highest BCUT2D eigenvalue weighted by atomic mass is 32.1. The van der Waals surface area contributed by atoms with Gasteiger partial charge in [0, 0.05) is 29.0 Å². The molecule has 4 N–H and O–H groups in total. The molecule has 3 rings (SSSR count). The molecule has 0 saturated carbocycles. The molecule has 0 aliphatic rings. The molecule has 4 nitrogen and oxygen atoms in total. The van der Waals surface area contributed by atoms with E-state index in [0.717, 1.165) is 27.8 Å². The first-order valence-corrected chi connectivity index (χ1v) is 7.68. The third kappa shape index (κ3) is 2.99. The molecular formula is C16H17N3OS. The molecular weight excluding hydrogens is 282 g/mol. The Hall–Kier alpha value is -2.11. The number of nitrogens with one attached hydrogen (secondary N) is 1. The standard InChI is InChI=1S/C16H17N3OS/c1-10-6-15(13-7-12(17)2-3-14(13)19-10)18-8-16(20)11-4-5-21-9-11/h2-7,9,16,20H,8,17H2,1H3,(H,18,19). The van der Waals surface area contributed by atoms with Gasteiger partial charge in [0.25, 0.3) is 0 Å². The Morgan fingerprint density at radius 1 is 1.33 bits per heavy atom. The smallest absolute Gasteiger partial charge is 0.0970 e. The van der Waals surface area contributed by atoms with E-state index in [1.54, 1.807) is 11.3 Å². The number of nitrogens with two attached hydrogens (primary N) is 1. The van der Waals surface area contributed by atoms with Crippen molar-refractivity contribution in [1.29, 1.82) is 0 Å². The lowest BCUT2D eigenvalue weighted by atomic mass is 10.1. The van der Waals surface area contributed by atoms with E-state index in [2.05, 4.69) is 10.3 Å².